The molecular weight excluding hydrogens is 260 g/mol. The summed E-state index contributed by atoms with van der Waals surface area (Å²) in [5.41, 5.74) is 6.45. The van der Waals surface area contributed by atoms with Crippen LogP contribution in [0, 0.1) is 5.92 Å². The van der Waals surface area contributed by atoms with E-state index in [2.05, 4.69) is 24.4 Å². The number of anilines is 1. The molecule has 0 saturated heterocycles. The fourth-order valence-electron chi connectivity index (χ4n) is 2.61. The lowest BCUT2D eigenvalue weighted by atomic mass is 9.96. The highest BCUT2D eigenvalue weighted by Gasteiger charge is 2.09. The molecule has 0 heterocycles. The van der Waals surface area contributed by atoms with Gasteiger partial charge in [0.2, 0.25) is 5.91 Å². The second-order valence-electron chi connectivity index (χ2n) is 5.50. The Hall–Kier alpha value is -1.87. The van der Waals surface area contributed by atoms with E-state index >= 15 is 0 Å². The molecule has 2 aromatic carbocycles. The van der Waals surface area contributed by atoms with Crippen LogP contribution in [-0.4, -0.2) is 12.5 Å². The average Bonchev–Trinajstić information content (AvgIpc) is 2.51. The summed E-state index contributed by atoms with van der Waals surface area (Å²) in [6, 6.07) is 14.2. The molecule has 2 rings (SSSR count). The minimum atomic E-state index is 0.0840. The normalized spacial score (nSPS) is 12.3. The third kappa shape index (κ3) is 4.57. The van der Waals surface area contributed by atoms with Gasteiger partial charge in [0, 0.05) is 12.1 Å². The van der Waals surface area contributed by atoms with Gasteiger partial charge in [0.05, 0.1) is 0 Å². The van der Waals surface area contributed by atoms with Gasteiger partial charge in [0.25, 0.3) is 0 Å². The fraction of sp³-hybridized carbons (Fsp3) is 0.389. The van der Waals surface area contributed by atoms with Crippen molar-refractivity contribution in [2.24, 2.45) is 11.7 Å². The predicted molar refractivity (Wildman–Crippen MR) is 89.3 cm³/mol. The smallest absolute Gasteiger partial charge is 0.224 e. The molecular formula is C18H24N2O. The minimum Gasteiger partial charge on any atom is -0.330 e. The third-order valence-electron chi connectivity index (χ3n) is 3.97. The third-order valence-corrected chi connectivity index (χ3v) is 3.97. The molecule has 0 aliphatic rings. The molecule has 0 spiro atoms. The second-order valence-corrected chi connectivity index (χ2v) is 5.50. The van der Waals surface area contributed by atoms with Crippen LogP contribution in [0.2, 0.25) is 0 Å². The van der Waals surface area contributed by atoms with E-state index in [1.54, 1.807) is 0 Å². The number of hydrogen-bond acceptors (Lipinski definition) is 2. The van der Waals surface area contributed by atoms with Crippen molar-refractivity contribution in [2.75, 3.05) is 11.9 Å². The molecule has 1 atom stereocenters. The van der Waals surface area contributed by atoms with Crippen molar-refractivity contribution in [3.63, 3.8) is 0 Å². The van der Waals surface area contributed by atoms with Crippen LogP contribution in [0.1, 0.15) is 32.6 Å². The molecule has 3 N–H and O–H groups in total. The Balaban J connectivity index is 1.91. The number of carbonyl (C=O) groups is 1. The topological polar surface area (TPSA) is 55.1 Å². The molecule has 0 aliphatic heterocycles. The van der Waals surface area contributed by atoms with Crippen molar-refractivity contribution < 1.29 is 4.79 Å². The Morgan fingerprint density at radius 3 is 2.62 bits per heavy atom. The number of nitrogens with two attached hydrogens (primary N) is 1. The summed E-state index contributed by atoms with van der Waals surface area (Å²) in [6.07, 6.45) is 3.55. The monoisotopic (exact) mass is 284 g/mol. The predicted octanol–water partition coefficient (Wildman–Crippen LogP) is 3.93. The highest BCUT2D eigenvalue weighted by atomic mass is 16.1. The Bertz CT molecular complexity index is 595. The number of carbonyl (C=O) groups excluding carboxylic acids is 1. The van der Waals surface area contributed by atoms with Crippen LogP contribution in [0.4, 0.5) is 5.69 Å². The molecule has 0 fully saturated rings. The Kier molecular flexibility index (Phi) is 5.76. The van der Waals surface area contributed by atoms with Gasteiger partial charge in [-0.15, -0.1) is 0 Å². The number of nitrogens with one attached hydrogen (secondary N) is 1. The number of hydrogen-bond donors (Lipinski definition) is 2. The van der Waals surface area contributed by atoms with Crippen LogP contribution in [-0.2, 0) is 4.79 Å². The first-order chi connectivity index (χ1) is 10.2. The van der Waals surface area contributed by atoms with E-state index in [9.17, 15) is 4.79 Å². The summed E-state index contributed by atoms with van der Waals surface area (Å²) in [6.45, 7) is 2.85. The van der Waals surface area contributed by atoms with Crippen molar-refractivity contribution >= 4 is 22.4 Å². The molecule has 3 heteroatoms. The van der Waals surface area contributed by atoms with Crippen molar-refractivity contribution in [1.82, 2.24) is 0 Å². The first-order valence-electron chi connectivity index (χ1n) is 7.71. The summed E-state index contributed by atoms with van der Waals surface area (Å²) in [5.74, 6) is 0.637. The van der Waals surface area contributed by atoms with E-state index < -0.39 is 0 Å². The lowest BCUT2D eigenvalue weighted by Gasteiger charge is -2.13. The van der Waals surface area contributed by atoms with Crippen LogP contribution < -0.4 is 11.1 Å². The fourth-order valence-corrected chi connectivity index (χ4v) is 2.61. The van der Waals surface area contributed by atoms with Crippen molar-refractivity contribution in [3.05, 3.63) is 42.5 Å². The summed E-state index contributed by atoms with van der Waals surface area (Å²) < 4.78 is 0. The van der Waals surface area contributed by atoms with Crippen LogP contribution in [0.3, 0.4) is 0 Å². The lowest BCUT2D eigenvalue weighted by Crippen LogP contribution is -2.15. The van der Waals surface area contributed by atoms with Crippen LogP contribution in [0.15, 0.2) is 42.5 Å². The molecule has 21 heavy (non-hydrogen) atoms. The molecule has 2 aromatic rings. The van der Waals surface area contributed by atoms with Gasteiger partial charge in [0.15, 0.2) is 0 Å². The van der Waals surface area contributed by atoms with Crippen LogP contribution in [0.5, 0.6) is 0 Å². The SMILES string of the molecule is CCC(CCN)CCC(=O)Nc1ccc2ccccc2c1. The molecule has 0 aliphatic carbocycles. The van der Waals surface area contributed by atoms with E-state index in [-0.39, 0.29) is 5.91 Å². The molecule has 0 saturated carbocycles. The highest BCUT2D eigenvalue weighted by Crippen LogP contribution is 2.20. The van der Waals surface area contributed by atoms with Gasteiger partial charge < -0.3 is 11.1 Å². The second kappa shape index (κ2) is 7.79. The van der Waals surface area contributed by atoms with Gasteiger partial charge in [-0.05, 0) is 48.2 Å². The summed E-state index contributed by atoms with van der Waals surface area (Å²) in [5, 5.41) is 5.31. The number of benzene rings is 2. The number of rotatable bonds is 7. The van der Waals surface area contributed by atoms with Gasteiger partial charge in [-0.25, -0.2) is 0 Å². The zero-order chi connectivity index (χ0) is 15.1. The standard InChI is InChI=1S/C18H24N2O/c1-2-14(11-12-19)7-10-18(21)20-17-9-8-15-5-3-4-6-16(15)13-17/h3-6,8-9,13-14H,2,7,10-12,19H2,1H3,(H,20,21). The Labute approximate surface area is 126 Å². The zero-order valence-electron chi connectivity index (χ0n) is 12.6. The maximum Gasteiger partial charge on any atom is 0.224 e. The summed E-state index contributed by atoms with van der Waals surface area (Å²) >= 11 is 0. The Morgan fingerprint density at radius 2 is 1.90 bits per heavy atom. The first-order valence-corrected chi connectivity index (χ1v) is 7.71. The molecule has 3 nitrogen and oxygen atoms in total. The molecule has 1 amide bonds. The molecule has 1 unspecified atom stereocenters. The average molecular weight is 284 g/mol. The van der Waals surface area contributed by atoms with Crippen LogP contribution >= 0.6 is 0 Å². The van der Waals surface area contributed by atoms with Crippen molar-refractivity contribution in [2.45, 2.75) is 32.6 Å². The van der Waals surface area contributed by atoms with E-state index in [0.29, 0.717) is 18.9 Å². The van der Waals surface area contributed by atoms with Gasteiger partial charge in [-0.1, -0.05) is 43.7 Å². The number of fused-ring (bicyclic) bond motifs is 1. The Morgan fingerprint density at radius 1 is 1.14 bits per heavy atom. The zero-order valence-corrected chi connectivity index (χ0v) is 12.6. The quantitative estimate of drug-likeness (QED) is 0.809. The van der Waals surface area contributed by atoms with Crippen molar-refractivity contribution in [3.8, 4) is 0 Å². The van der Waals surface area contributed by atoms with Gasteiger partial charge in [0.1, 0.15) is 0 Å². The summed E-state index contributed by atoms with van der Waals surface area (Å²) in [7, 11) is 0. The minimum absolute atomic E-state index is 0.0840. The summed E-state index contributed by atoms with van der Waals surface area (Å²) in [4.78, 5) is 12.0. The lowest BCUT2D eigenvalue weighted by molar-refractivity contribution is -0.116. The molecule has 112 valence electrons. The van der Waals surface area contributed by atoms with E-state index in [0.717, 1.165) is 30.3 Å². The van der Waals surface area contributed by atoms with E-state index in [4.69, 9.17) is 5.73 Å². The van der Waals surface area contributed by atoms with Crippen LogP contribution in [0.25, 0.3) is 10.8 Å². The van der Waals surface area contributed by atoms with Gasteiger partial charge >= 0.3 is 0 Å². The maximum absolute atomic E-state index is 12.0. The van der Waals surface area contributed by atoms with E-state index in [1.165, 1.54) is 5.39 Å². The molecule has 0 radical (unpaired) electrons. The number of amides is 1. The van der Waals surface area contributed by atoms with E-state index in [1.807, 2.05) is 30.3 Å². The first kappa shape index (κ1) is 15.5. The van der Waals surface area contributed by atoms with Gasteiger partial charge in [-0.2, -0.15) is 0 Å². The maximum atomic E-state index is 12.0. The molecule has 0 bridgehead atoms. The van der Waals surface area contributed by atoms with Crippen molar-refractivity contribution in [1.29, 1.82) is 0 Å². The molecule has 0 aromatic heterocycles. The van der Waals surface area contributed by atoms with Gasteiger partial charge in [-0.3, -0.25) is 4.79 Å². The largest absolute Gasteiger partial charge is 0.330 e. The highest BCUT2D eigenvalue weighted by molar-refractivity contribution is 5.94.